The van der Waals surface area contributed by atoms with Gasteiger partial charge in [0, 0.05) is 6.61 Å². The van der Waals surface area contributed by atoms with E-state index in [1.165, 1.54) is 12.8 Å². The zero-order valence-corrected chi connectivity index (χ0v) is 9.11. The molecule has 1 rings (SSSR count). The summed E-state index contributed by atoms with van der Waals surface area (Å²) < 4.78 is 5.60. The van der Waals surface area contributed by atoms with Gasteiger partial charge in [0.1, 0.15) is 0 Å². The molecule has 0 aliphatic heterocycles. The van der Waals surface area contributed by atoms with Crippen molar-refractivity contribution in [3.63, 3.8) is 0 Å². The Kier molecular flexibility index (Phi) is 5.45. The summed E-state index contributed by atoms with van der Waals surface area (Å²) in [6.07, 6.45) is 4.97. The van der Waals surface area contributed by atoms with Crippen LogP contribution in [-0.2, 0) is 4.74 Å². The minimum absolute atomic E-state index is 0.0596. The molecule has 0 heterocycles. The molecule has 84 valence electrons. The summed E-state index contributed by atoms with van der Waals surface area (Å²) in [6, 6.07) is 0. The van der Waals surface area contributed by atoms with Crippen molar-refractivity contribution in [2.75, 3.05) is 13.2 Å². The van der Waals surface area contributed by atoms with Crippen LogP contribution < -0.4 is 5.73 Å². The van der Waals surface area contributed by atoms with E-state index in [4.69, 9.17) is 10.5 Å². The molecular formula is C11H23NO2. The Hall–Kier alpha value is -0.120. The summed E-state index contributed by atoms with van der Waals surface area (Å²) in [4.78, 5) is 0. The predicted molar refractivity (Wildman–Crippen MR) is 57.1 cm³/mol. The first-order chi connectivity index (χ1) is 6.77. The monoisotopic (exact) mass is 201 g/mol. The van der Waals surface area contributed by atoms with E-state index >= 15 is 0 Å². The highest BCUT2D eigenvalue weighted by atomic mass is 16.5. The maximum Gasteiger partial charge on any atom is 0.0834 e. The summed E-state index contributed by atoms with van der Waals surface area (Å²) in [5.74, 6) is 0.694. The van der Waals surface area contributed by atoms with Crippen molar-refractivity contribution in [2.45, 2.75) is 51.2 Å². The zero-order valence-electron chi connectivity index (χ0n) is 9.11. The lowest BCUT2D eigenvalue weighted by atomic mass is 9.84. The van der Waals surface area contributed by atoms with Crippen LogP contribution in [0, 0.1) is 5.92 Å². The molecule has 0 aromatic heterocycles. The van der Waals surface area contributed by atoms with E-state index in [2.05, 4.69) is 6.92 Å². The van der Waals surface area contributed by atoms with Crippen molar-refractivity contribution in [2.24, 2.45) is 11.7 Å². The van der Waals surface area contributed by atoms with Crippen LogP contribution in [0.4, 0.5) is 0 Å². The third-order valence-corrected chi connectivity index (χ3v) is 3.12. The average Bonchev–Trinajstić information content (AvgIpc) is 2.20. The molecule has 1 saturated carbocycles. The molecule has 14 heavy (non-hydrogen) atoms. The van der Waals surface area contributed by atoms with Crippen LogP contribution in [0.25, 0.3) is 0 Å². The molecule has 1 aliphatic carbocycles. The highest BCUT2D eigenvalue weighted by Gasteiger charge is 2.28. The van der Waals surface area contributed by atoms with Gasteiger partial charge < -0.3 is 15.6 Å². The van der Waals surface area contributed by atoms with Crippen molar-refractivity contribution >= 4 is 0 Å². The van der Waals surface area contributed by atoms with Gasteiger partial charge in [-0.2, -0.15) is 0 Å². The molecule has 3 atom stereocenters. The van der Waals surface area contributed by atoms with E-state index in [1.807, 2.05) is 0 Å². The largest absolute Gasteiger partial charge is 0.390 e. The van der Waals surface area contributed by atoms with Crippen LogP contribution in [0.5, 0.6) is 0 Å². The van der Waals surface area contributed by atoms with Crippen molar-refractivity contribution in [1.82, 2.24) is 0 Å². The fourth-order valence-corrected chi connectivity index (χ4v) is 2.09. The number of ether oxygens (including phenoxy) is 1. The molecule has 0 aromatic carbocycles. The standard InChI is InChI=1S/C11H23NO2/c1-2-9-4-5-11(10(13)8-9)14-7-3-6-12/h9-11,13H,2-8,12H2,1H3. The molecule has 3 heteroatoms. The second-order valence-electron chi connectivity index (χ2n) is 4.21. The Bertz CT molecular complexity index is 150. The summed E-state index contributed by atoms with van der Waals surface area (Å²) in [7, 11) is 0. The quantitative estimate of drug-likeness (QED) is 0.659. The van der Waals surface area contributed by atoms with E-state index in [0.717, 1.165) is 19.3 Å². The van der Waals surface area contributed by atoms with E-state index in [0.29, 0.717) is 19.1 Å². The van der Waals surface area contributed by atoms with Crippen LogP contribution in [0.3, 0.4) is 0 Å². The van der Waals surface area contributed by atoms with Crippen molar-refractivity contribution in [1.29, 1.82) is 0 Å². The van der Waals surface area contributed by atoms with Crippen LogP contribution in [0.2, 0.25) is 0 Å². The Morgan fingerprint density at radius 1 is 1.43 bits per heavy atom. The number of hydrogen-bond donors (Lipinski definition) is 2. The third kappa shape index (κ3) is 3.56. The maximum atomic E-state index is 9.81. The van der Waals surface area contributed by atoms with Crippen LogP contribution in [0.15, 0.2) is 0 Å². The molecule has 0 saturated heterocycles. The molecule has 1 fully saturated rings. The minimum Gasteiger partial charge on any atom is -0.390 e. The van der Waals surface area contributed by atoms with Gasteiger partial charge in [0.2, 0.25) is 0 Å². The first kappa shape index (κ1) is 12.0. The van der Waals surface area contributed by atoms with Gasteiger partial charge in [0.05, 0.1) is 12.2 Å². The number of hydrogen-bond acceptors (Lipinski definition) is 3. The van der Waals surface area contributed by atoms with Crippen molar-refractivity contribution < 1.29 is 9.84 Å². The molecular weight excluding hydrogens is 178 g/mol. The summed E-state index contributed by atoms with van der Waals surface area (Å²) in [5, 5.41) is 9.81. The Balaban J connectivity index is 2.20. The molecule has 0 amide bonds. The molecule has 3 unspecified atom stereocenters. The van der Waals surface area contributed by atoms with Crippen LogP contribution in [-0.4, -0.2) is 30.5 Å². The predicted octanol–water partition coefficient (Wildman–Crippen LogP) is 1.29. The van der Waals surface area contributed by atoms with E-state index in [1.54, 1.807) is 0 Å². The Morgan fingerprint density at radius 3 is 2.79 bits per heavy atom. The first-order valence-electron chi connectivity index (χ1n) is 5.77. The Labute approximate surface area is 86.6 Å². The summed E-state index contributed by atoms with van der Waals surface area (Å²) >= 11 is 0. The van der Waals surface area contributed by atoms with Gasteiger partial charge in [0.25, 0.3) is 0 Å². The highest BCUT2D eigenvalue weighted by Crippen LogP contribution is 2.28. The summed E-state index contributed by atoms with van der Waals surface area (Å²) in [6.45, 7) is 3.54. The SMILES string of the molecule is CCC1CCC(OCCCN)C(O)C1. The normalized spacial score (nSPS) is 33.2. The van der Waals surface area contributed by atoms with Gasteiger partial charge in [-0.15, -0.1) is 0 Å². The van der Waals surface area contributed by atoms with E-state index in [9.17, 15) is 5.11 Å². The molecule has 1 aliphatic rings. The lowest BCUT2D eigenvalue weighted by Crippen LogP contribution is -2.36. The van der Waals surface area contributed by atoms with E-state index in [-0.39, 0.29) is 12.2 Å². The zero-order chi connectivity index (χ0) is 10.4. The van der Waals surface area contributed by atoms with Gasteiger partial charge in [-0.05, 0) is 38.1 Å². The van der Waals surface area contributed by atoms with Gasteiger partial charge in [-0.3, -0.25) is 0 Å². The lowest BCUT2D eigenvalue weighted by molar-refractivity contribution is -0.0706. The van der Waals surface area contributed by atoms with E-state index < -0.39 is 0 Å². The maximum absolute atomic E-state index is 9.81. The number of rotatable bonds is 5. The second-order valence-corrected chi connectivity index (χ2v) is 4.21. The van der Waals surface area contributed by atoms with Gasteiger partial charge in [-0.1, -0.05) is 13.3 Å². The topological polar surface area (TPSA) is 55.5 Å². The lowest BCUT2D eigenvalue weighted by Gasteiger charge is -2.32. The smallest absolute Gasteiger partial charge is 0.0834 e. The first-order valence-corrected chi connectivity index (χ1v) is 5.77. The average molecular weight is 201 g/mol. The van der Waals surface area contributed by atoms with Gasteiger partial charge in [-0.25, -0.2) is 0 Å². The molecule has 3 N–H and O–H groups in total. The van der Waals surface area contributed by atoms with Crippen LogP contribution in [0.1, 0.15) is 39.0 Å². The second kappa shape index (κ2) is 6.38. The molecule has 0 aromatic rings. The van der Waals surface area contributed by atoms with Crippen molar-refractivity contribution in [3.8, 4) is 0 Å². The fraction of sp³-hybridized carbons (Fsp3) is 1.00. The molecule has 0 radical (unpaired) electrons. The Morgan fingerprint density at radius 2 is 2.21 bits per heavy atom. The molecule has 0 spiro atoms. The number of nitrogens with two attached hydrogens (primary N) is 1. The van der Waals surface area contributed by atoms with Gasteiger partial charge >= 0.3 is 0 Å². The molecule has 0 bridgehead atoms. The molecule has 3 nitrogen and oxygen atoms in total. The fourth-order valence-electron chi connectivity index (χ4n) is 2.09. The highest BCUT2D eigenvalue weighted by molar-refractivity contribution is 4.79. The third-order valence-electron chi connectivity index (χ3n) is 3.12. The number of aliphatic hydroxyl groups is 1. The summed E-state index contributed by atoms with van der Waals surface area (Å²) in [5.41, 5.74) is 5.38. The number of aliphatic hydroxyl groups excluding tert-OH is 1. The minimum atomic E-state index is -0.258. The van der Waals surface area contributed by atoms with Crippen molar-refractivity contribution in [3.05, 3.63) is 0 Å². The van der Waals surface area contributed by atoms with Crippen LogP contribution >= 0.6 is 0 Å². The van der Waals surface area contributed by atoms with Gasteiger partial charge in [0.15, 0.2) is 0 Å².